The summed E-state index contributed by atoms with van der Waals surface area (Å²) in [5, 5.41) is 2.77. The van der Waals surface area contributed by atoms with Crippen LogP contribution in [0.2, 0.25) is 0 Å². The van der Waals surface area contributed by atoms with Crippen LogP contribution in [0.3, 0.4) is 0 Å². The first-order valence-electron chi connectivity index (χ1n) is 10.0. The zero-order valence-corrected chi connectivity index (χ0v) is 18.0. The van der Waals surface area contributed by atoms with E-state index in [9.17, 15) is 19.2 Å². The summed E-state index contributed by atoms with van der Waals surface area (Å²) in [6, 6.07) is 4.15. The molecule has 162 valence electrons. The lowest BCUT2D eigenvalue weighted by Gasteiger charge is -2.35. The summed E-state index contributed by atoms with van der Waals surface area (Å²) in [6.45, 7) is 10.5. The van der Waals surface area contributed by atoms with Gasteiger partial charge in [0.2, 0.25) is 0 Å². The van der Waals surface area contributed by atoms with Crippen LogP contribution in [0, 0.1) is 0 Å². The number of carbonyl (C=O) groups is 4. The number of benzene rings is 1. The highest BCUT2D eigenvalue weighted by Gasteiger charge is 2.37. The Morgan fingerprint density at radius 1 is 0.967 bits per heavy atom. The van der Waals surface area contributed by atoms with Crippen LogP contribution in [0.25, 0.3) is 0 Å². The van der Waals surface area contributed by atoms with Gasteiger partial charge in [-0.15, -0.1) is 0 Å². The van der Waals surface area contributed by atoms with Gasteiger partial charge in [0.05, 0.1) is 11.1 Å². The average molecular weight is 416 g/mol. The molecule has 5 amide bonds. The molecule has 1 aromatic rings. The topological polar surface area (TPSA) is 99.3 Å². The first-order valence-corrected chi connectivity index (χ1v) is 10.0. The molecule has 0 atom stereocenters. The summed E-state index contributed by atoms with van der Waals surface area (Å²) in [6.07, 6.45) is -0.390. The van der Waals surface area contributed by atoms with Gasteiger partial charge in [-0.2, -0.15) is 0 Å². The van der Waals surface area contributed by atoms with Crippen molar-refractivity contribution < 1.29 is 23.9 Å². The van der Waals surface area contributed by atoms with Crippen molar-refractivity contribution in [3.05, 3.63) is 29.3 Å². The fraction of sp³-hybridized carbons (Fsp3) is 0.524. The first-order chi connectivity index (χ1) is 14.0. The first kappa shape index (κ1) is 21.6. The van der Waals surface area contributed by atoms with Gasteiger partial charge in [0, 0.05) is 37.9 Å². The van der Waals surface area contributed by atoms with Crippen LogP contribution in [0.4, 0.5) is 15.3 Å². The maximum absolute atomic E-state index is 12.6. The van der Waals surface area contributed by atoms with E-state index in [1.54, 1.807) is 35.8 Å². The van der Waals surface area contributed by atoms with Gasteiger partial charge in [0.1, 0.15) is 5.60 Å². The van der Waals surface area contributed by atoms with Gasteiger partial charge in [-0.1, -0.05) is 0 Å². The molecule has 1 saturated heterocycles. The molecule has 0 unspecified atom stereocenters. The van der Waals surface area contributed by atoms with Crippen LogP contribution in [-0.4, -0.2) is 76.5 Å². The number of hydrogen-bond donors (Lipinski definition) is 1. The van der Waals surface area contributed by atoms with Gasteiger partial charge in [-0.3, -0.25) is 14.5 Å². The van der Waals surface area contributed by atoms with Gasteiger partial charge in [-0.05, 0) is 52.8 Å². The number of carbonyl (C=O) groups excluding carboxylic acids is 4. The van der Waals surface area contributed by atoms with E-state index >= 15 is 0 Å². The van der Waals surface area contributed by atoms with Crippen molar-refractivity contribution in [3.8, 4) is 0 Å². The maximum atomic E-state index is 12.6. The molecule has 1 N–H and O–H groups in total. The quantitative estimate of drug-likeness (QED) is 0.748. The number of nitrogens with zero attached hydrogens (tertiary/aromatic N) is 3. The number of anilines is 1. The van der Waals surface area contributed by atoms with Crippen molar-refractivity contribution in [1.82, 2.24) is 14.7 Å². The second-order valence-electron chi connectivity index (χ2n) is 8.72. The monoisotopic (exact) mass is 416 g/mol. The summed E-state index contributed by atoms with van der Waals surface area (Å²) >= 11 is 0. The minimum absolute atomic E-state index is 0.239. The molecule has 2 heterocycles. The van der Waals surface area contributed by atoms with Gasteiger partial charge < -0.3 is 19.9 Å². The predicted molar refractivity (Wildman–Crippen MR) is 110 cm³/mol. The molecular formula is C21H28N4O5. The number of imide groups is 1. The van der Waals surface area contributed by atoms with Crippen molar-refractivity contribution in [2.75, 3.05) is 31.5 Å². The Kier molecular flexibility index (Phi) is 5.74. The van der Waals surface area contributed by atoms with Gasteiger partial charge in [0.15, 0.2) is 0 Å². The van der Waals surface area contributed by atoms with E-state index in [0.717, 1.165) is 0 Å². The fourth-order valence-corrected chi connectivity index (χ4v) is 3.43. The van der Waals surface area contributed by atoms with E-state index in [1.807, 2.05) is 20.8 Å². The summed E-state index contributed by atoms with van der Waals surface area (Å²) in [5.41, 5.74) is 0.516. The zero-order chi connectivity index (χ0) is 22.2. The highest BCUT2D eigenvalue weighted by molar-refractivity contribution is 6.22. The molecule has 2 aliphatic heterocycles. The third kappa shape index (κ3) is 4.39. The van der Waals surface area contributed by atoms with Crippen LogP contribution < -0.4 is 5.32 Å². The minimum Gasteiger partial charge on any atom is -0.444 e. The maximum Gasteiger partial charge on any atom is 0.410 e. The van der Waals surface area contributed by atoms with Crippen molar-refractivity contribution >= 4 is 29.6 Å². The van der Waals surface area contributed by atoms with Crippen LogP contribution >= 0.6 is 0 Å². The largest absolute Gasteiger partial charge is 0.444 e. The minimum atomic E-state index is -0.566. The van der Waals surface area contributed by atoms with Crippen LogP contribution in [0.15, 0.2) is 18.2 Å². The van der Waals surface area contributed by atoms with Gasteiger partial charge >= 0.3 is 12.1 Å². The SMILES string of the molecule is CC(C)N1C(=O)c2ccc(NC(=O)N3CCN(C(=O)OC(C)(C)C)CC3)cc2C1=O. The molecule has 0 radical (unpaired) electrons. The number of amides is 5. The molecule has 0 aliphatic carbocycles. The summed E-state index contributed by atoms with van der Waals surface area (Å²) in [4.78, 5) is 54.0. The lowest BCUT2D eigenvalue weighted by molar-refractivity contribution is 0.0173. The standard InChI is InChI=1S/C21H28N4O5/c1-13(2)25-17(26)15-7-6-14(12-16(15)18(25)27)22-19(28)23-8-10-24(11-9-23)20(29)30-21(3,4)5/h6-7,12-13H,8-11H2,1-5H3,(H,22,28). The smallest absolute Gasteiger partial charge is 0.410 e. The Morgan fingerprint density at radius 3 is 2.10 bits per heavy atom. The summed E-state index contributed by atoms with van der Waals surface area (Å²) in [7, 11) is 0. The lowest BCUT2D eigenvalue weighted by atomic mass is 10.1. The molecular weight excluding hydrogens is 388 g/mol. The van der Waals surface area contributed by atoms with E-state index < -0.39 is 5.60 Å². The molecule has 1 fully saturated rings. The van der Waals surface area contributed by atoms with E-state index in [2.05, 4.69) is 5.32 Å². The number of hydrogen-bond acceptors (Lipinski definition) is 5. The van der Waals surface area contributed by atoms with Crippen LogP contribution in [-0.2, 0) is 4.74 Å². The van der Waals surface area contributed by atoms with Crippen LogP contribution in [0.1, 0.15) is 55.3 Å². The molecule has 30 heavy (non-hydrogen) atoms. The normalized spacial score (nSPS) is 16.8. The fourth-order valence-electron chi connectivity index (χ4n) is 3.43. The molecule has 3 rings (SSSR count). The van der Waals surface area contributed by atoms with Crippen molar-refractivity contribution in [2.45, 2.75) is 46.3 Å². The summed E-state index contributed by atoms with van der Waals surface area (Å²) < 4.78 is 5.36. The predicted octanol–water partition coefficient (Wildman–Crippen LogP) is 2.78. The van der Waals surface area contributed by atoms with E-state index in [4.69, 9.17) is 4.74 Å². The highest BCUT2D eigenvalue weighted by Crippen LogP contribution is 2.27. The van der Waals surface area contributed by atoms with Crippen molar-refractivity contribution in [3.63, 3.8) is 0 Å². The Morgan fingerprint density at radius 2 is 1.53 bits per heavy atom. The number of piperazine rings is 1. The van der Waals surface area contributed by atoms with Crippen LogP contribution in [0.5, 0.6) is 0 Å². The number of urea groups is 1. The molecule has 1 aromatic carbocycles. The van der Waals surface area contributed by atoms with E-state index in [0.29, 0.717) is 43.0 Å². The third-order valence-electron chi connectivity index (χ3n) is 4.90. The Balaban J connectivity index is 1.60. The molecule has 0 aromatic heterocycles. The highest BCUT2D eigenvalue weighted by atomic mass is 16.6. The van der Waals surface area contributed by atoms with Gasteiger partial charge in [-0.25, -0.2) is 9.59 Å². The third-order valence-corrected chi connectivity index (χ3v) is 4.90. The van der Waals surface area contributed by atoms with E-state index in [1.165, 1.54) is 11.0 Å². The summed E-state index contributed by atoms with van der Waals surface area (Å²) in [5.74, 6) is -0.673. The van der Waals surface area contributed by atoms with E-state index in [-0.39, 0.29) is 30.0 Å². The molecule has 0 spiro atoms. The Labute approximate surface area is 175 Å². The Hall–Kier alpha value is -3.10. The number of nitrogens with one attached hydrogen (secondary N) is 1. The molecule has 9 heteroatoms. The Bertz CT molecular complexity index is 882. The molecule has 9 nitrogen and oxygen atoms in total. The molecule has 0 saturated carbocycles. The second kappa shape index (κ2) is 7.97. The molecule has 2 aliphatic rings. The zero-order valence-electron chi connectivity index (χ0n) is 18.0. The van der Waals surface area contributed by atoms with Crippen molar-refractivity contribution in [2.24, 2.45) is 0 Å². The number of fused-ring (bicyclic) bond motifs is 1. The van der Waals surface area contributed by atoms with Gasteiger partial charge in [0.25, 0.3) is 11.8 Å². The molecule has 0 bridgehead atoms. The van der Waals surface area contributed by atoms with Crippen molar-refractivity contribution in [1.29, 1.82) is 0 Å². The lowest BCUT2D eigenvalue weighted by Crippen LogP contribution is -2.52. The number of ether oxygens (including phenoxy) is 1. The number of rotatable bonds is 2. The average Bonchev–Trinajstić information content (AvgIpc) is 2.90. The second-order valence-corrected chi connectivity index (χ2v) is 8.72.